The van der Waals surface area contributed by atoms with E-state index in [1.165, 1.54) is 29.4 Å². The van der Waals surface area contributed by atoms with Gasteiger partial charge >= 0.3 is 18.0 Å². The summed E-state index contributed by atoms with van der Waals surface area (Å²) < 4.78 is 44.8. The normalized spacial score (nSPS) is 15.8. The van der Waals surface area contributed by atoms with E-state index < -0.39 is 51.9 Å². The van der Waals surface area contributed by atoms with Gasteiger partial charge in [-0.3, -0.25) is 4.79 Å². The van der Waals surface area contributed by atoms with Gasteiger partial charge < -0.3 is 24.6 Å². The standard InChI is InChI=1S/C31H33ClN2O9S/c1-20(2)29(37)41-21(3)42-30(38)33-26(28(35)36)17-22-10-9-13-24(16-22)44(39,40)34-18-31(19-34,23-11-5-4-6-12-23)43-27-15-8-7-14-25(27)32/h4-16,20-21,26H,17-19H2,1-3H3,(H,33,38)(H,35,36)/t21?,26-/m0/s1. The molecule has 1 unspecified atom stereocenters. The van der Waals surface area contributed by atoms with E-state index in [2.05, 4.69) is 5.32 Å². The molecule has 0 bridgehead atoms. The third-order valence-electron chi connectivity index (χ3n) is 6.90. The number of esters is 1. The lowest BCUT2D eigenvalue weighted by Gasteiger charge is -2.49. The number of nitrogens with zero attached hydrogens (tertiary/aromatic N) is 1. The molecule has 1 heterocycles. The summed E-state index contributed by atoms with van der Waals surface area (Å²) in [4.78, 5) is 35.9. The van der Waals surface area contributed by atoms with E-state index >= 15 is 0 Å². The lowest BCUT2D eigenvalue weighted by Crippen LogP contribution is -2.64. The number of amides is 1. The van der Waals surface area contributed by atoms with Crippen molar-refractivity contribution in [3.05, 3.63) is 95.0 Å². The summed E-state index contributed by atoms with van der Waals surface area (Å²) in [5.74, 6) is -1.97. The van der Waals surface area contributed by atoms with Gasteiger partial charge in [-0.1, -0.05) is 80.0 Å². The van der Waals surface area contributed by atoms with Gasteiger partial charge in [-0.2, -0.15) is 4.31 Å². The second-order valence-corrected chi connectivity index (χ2v) is 13.0. The molecule has 1 amide bonds. The Hall–Kier alpha value is -4.13. The number of para-hydroxylation sites is 1. The Balaban J connectivity index is 1.47. The first-order valence-corrected chi connectivity index (χ1v) is 15.6. The number of ether oxygens (including phenoxy) is 3. The molecule has 234 valence electrons. The molecule has 0 spiro atoms. The van der Waals surface area contributed by atoms with Crippen LogP contribution in [0.3, 0.4) is 0 Å². The predicted molar refractivity (Wildman–Crippen MR) is 161 cm³/mol. The number of carboxylic acid groups (broad SMARTS) is 1. The van der Waals surface area contributed by atoms with Crippen LogP contribution in [0.15, 0.2) is 83.8 Å². The Labute approximate surface area is 260 Å². The van der Waals surface area contributed by atoms with Gasteiger partial charge in [0.25, 0.3) is 0 Å². The molecule has 4 rings (SSSR count). The van der Waals surface area contributed by atoms with Crippen molar-refractivity contribution < 1.29 is 42.1 Å². The van der Waals surface area contributed by atoms with Gasteiger partial charge in [0, 0.05) is 13.3 Å². The molecular weight excluding hydrogens is 612 g/mol. The molecule has 0 radical (unpaired) electrons. The molecule has 2 N–H and O–H groups in total. The predicted octanol–water partition coefficient (Wildman–Crippen LogP) is 4.59. The van der Waals surface area contributed by atoms with Crippen LogP contribution in [0.25, 0.3) is 0 Å². The van der Waals surface area contributed by atoms with Gasteiger partial charge in [0.1, 0.15) is 11.8 Å². The maximum absolute atomic E-state index is 13.7. The van der Waals surface area contributed by atoms with E-state index in [9.17, 15) is 27.9 Å². The van der Waals surface area contributed by atoms with Crippen molar-refractivity contribution in [2.24, 2.45) is 5.92 Å². The molecule has 3 aromatic rings. The average Bonchev–Trinajstić information content (AvgIpc) is 2.95. The summed E-state index contributed by atoms with van der Waals surface area (Å²) in [5.41, 5.74) is 0.159. The number of sulfonamides is 1. The third kappa shape index (κ3) is 7.68. The highest BCUT2D eigenvalue weighted by Gasteiger charge is 2.52. The molecule has 2 atom stereocenters. The fourth-order valence-electron chi connectivity index (χ4n) is 4.55. The molecule has 0 saturated carbocycles. The molecule has 11 nitrogen and oxygen atoms in total. The molecule has 44 heavy (non-hydrogen) atoms. The van der Waals surface area contributed by atoms with E-state index in [1.54, 1.807) is 44.2 Å². The highest BCUT2D eigenvalue weighted by Crippen LogP contribution is 2.41. The number of carbonyl (C=O) groups excluding carboxylic acids is 2. The van der Waals surface area contributed by atoms with E-state index in [4.69, 9.17) is 25.8 Å². The first-order valence-electron chi connectivity index (χ1n) is 13.8. The molecule has 1 aliphatic heterocycles. The molecule has 1 saturated heterocycles. The zero-order chi connectivity index (χ0) is 32.1. The van der Waals surface area contributed by atoms with Gasteiger partial charge in [0.15, 0.2) is 5.60 Å². The number of rotatable bonds is 12. The Morgan fingerprint density at radius 3 is 2.25 bits per heavy atom. The number of carbonyl (C=O) groups is 3. The maximum atomic E-state index is 13.7. The van der Waals surface area contributed by atoms with Crippen LogP contribution in [0.5, 0.6) is 5.75 Å². The van der Waals surface area contributed by atoms with Gasteiger partial charge in [-0.25, -0.2) is 18.0 Å². The molecular formula is C31H33ClN2O9S. The van der Waals surface area contributed by atoms with Crippen molar-refractivity contribution in [2.45, 2.75) is 50.0 Å². The molecule has 0 aliphatic carbocycles. The summed E-state index contributed by atoms with van der Waals surface area (Å²) >= 11 is 6.34. The smallest absolute Gasteiger partial charge is 0.410 e. The van der Waals surface area contributed by atoms with Crippen LogP contribution in [0.4, 0.5) is 4.79 Å². The van der Waals surface area contributed by atoms with Crippen molar-refractivity contribution in [1.82, 2.24) is 9.62 Å². The molecule has 0 aromatic heterocycles. The quantitative estimate of drug-likeness (QED) is 0.213. The highest BCUT2D eigenvalue weighted by molar-refractivity contribution is 7.89. The van der Waals surface area contributed by atoms with E-state index in [0.717, 1.165) is 5.56 Å². The number of alkyl carbamates (subject to hydrolysis) is 1. The fourth-order valence-corrected chi connectivity index (χ4v) is 6.33. The van der Waals surface area contributed by atoms with Crippen LogP contribution in [0.2, 0.25) is 5.02 Å². The van der Waals surface area contributed by atoms with Crippen LogP contribution in [0, 0.1) is 5.92 Å². The highest BCUT2D eigenvalue weighted by atomic mass is 35.5. The van der Waals surface area contributed by atoms with Crippen LogP contribution in [-0.4, -0.2) is 61.3 Å². The zero-order valence-corrected chi connectivity index (χ0v) is 25.9. The number of halogens is 1. The maximum Gasteiger partial charge on any atom is 0.410 e. The number of carboxylic acids is 1. The van der Waals surface area contributed by atoms with E-state index in [0.29, 0.717) is 16.3 Å². The Morgan fingerprint density at radius 1 is 0.955 bits per heavy atom. The van der Waals surface area contributed by atoms with Crippen LogP contribution >= 0.6 is 11.6 Å². The summed E-state index contributed by atoms with van der Waals surface area (Å²) in [6.45, 7) is 4.57. The monoisotopic (exact) mass is 644 g/mol. The second kappa shape index (κ2) is 13.7. The number of benzene rings is 3. The van der Waals surface area contributed by atoms with Gasteiger partial charge in [0.05, 0.1) is 28.9 Å². The molecule has 1 fully saturated rings. The Kier molecular flexibility index (Phi) is 10.2. The van der Waals surface area contributed by atoms with Crippen LogP contribution in [0.1, 0.15) is 31.9 Å². The minimum atomic E-state index is -4.01. The summed E-state index contributed by atoms with van der Waals surface area (Å²) in [5, 5.41) is 12.3. The van der Waals surface area contributed by atoms with E-state index in [-0.39, 0.29) is 24.4 Å². The van der Waals surface area contributed by atoms with Crippen molar-refractivity contribution in [1.29, 1.82) is 0 Å². The minimum absolute atomic E-state index is 0.0134. The lowest BCUT2D eigenvalue weighted by molar-refractivity contribution is -0.169. The zero-order valence-electron chi connectivity index (χ0n) is 24.3. The lowest BCUT2D eigenvalue weighted by atomic mass is 9.87. The number of hydrogen-bond acceptors (Lipinski definition) is 8. The van der Waals surface area contributed by atoms with Crippen molar-refractivity contribution >= 4 is 39.7 Å². The average molecular weight is 645 g/mol. The molecule has 1 aliphatic rings. The summed E-state index contributed by atoms with van der Waals surface area (Å²) in [6, 6.07) is 20.6. The number of aliphatic carboxylic acids is 1. The van der Waals surface area contributed by atoms with Gasteiger partial charge in [0.2, 0.25) is 16.3 Å². The third-order valence-corrected chi connectivity index (χ3v) is 9.00. The van der Waals surface area contributed by atoms with Gasteiger partial charge in [-0.15, -0.1) is 0 Å². The first-order chi connectivity index (χ1) is 20.8. The number of nitrogens with one attached hydrogen (secondary N) is 1. The van der Waals surface area contributed by atoms with Crippen molar-refractivity contribution in [3.8, 4) is 5.75 Å². The topological polar surface area (TPSA) is 149 Å². The van der Waals surface area contributed by atoms with E-state index in [1.807, 2.05) is 30.3 Å². The van der Waals surface area contributed by atoms with Crippen LogP contribution < -0.4 is 10.1 Å². The van der Waals surface area contributed by atoms with Crippen molar-refractivity contribution in [3.63, 3.8) is 0 Å². The number of hydrogen-bond donors (Lipinski definition) is 2. The largest absolute Gasteiger partial charge is 0.480 e. The van der Waals surface area contributed by atoms with Gasteiger partial charge in [-0.05, 0) is 35.4 Å². The first kappa shape index (κ1) is 32.8. The fraction of sp³-hybridized carbons (Fsp3) is 0.323. The molecule has 13 heteroatoms. The second-order valence-electron chi connectivity index (χ2n) is 10.6. The Bertz CT molecular complexity index is 1610. The molecule has 3 aromatic carbocycles. The minimum Gasteiger partial charge on any atom is -0.480 e. The Morgan fingerprint density at radius 2 is 1.61 bits per heavy atom. The summed E-state index contributed by atoms with van der Waals surface area (Å²) in [7, 11) is -4.01. The SMILES string of the molecule is CC(OC(=O)N[C@@H](Cc1cccc(S(=O)(=O)N2CC(Oc3ccccc3Cl)(c3ccccc3)C2)c1)C(=O)O)OC(=O)C(C)C. The van der Waals surface area contributed by atoms with Crippen molar-refractivity contribution in [2.75, 3.05) is 13.1 Å². The summed E-state index contributed by atoms with van der Waals surface area (Å²) in [6.07, 6.45) is -2.59. The van der Waals surface area contributed by atoms with Crippen LogP contribution in [-0.2, 0) is 41.1 Å².